The zero-order chi connectivity index (χ0) is 10.2. The molecule has 0 fully saturated rings. The van der Waals surface area contributed by atoms with Crippen molar-refractivity contribution < 1.29 is 14.2 Å². The Morgan fingerprint density at radius 3 is 2.86 bits per heavy atom. The molecule has 0 aliphatic heterocycles. The first-order valence-corrected chi connectivity index (χ1v) is 5.57. The molecule has 4 heteroatoms. The van der Waals surface area contributed by atoms with E-state index in [1.165, 1.54) is 0 Å². The van der Waals surface area contributed by atoms with Gasteiger partial charge in [0.25, 0.3) is 0 Å². The van der Waals surface area contributed by atoms with Gasteiger partial charge in [-0.25, -0.2) is 0 Å². The molecule has 0 aliphatic rings. The van der Waals surface area contributed by atoms with Crippen LogP contribution in [0.5, 0.6) is 0 Å². The van der Waals surface area contributed by atoms with Gasteiger partial charge in [0, 0.05) is 19.3 Å². The first-order chi connectivity index (χ1) is 6.88. The van der Waals surface area contributed by atoms with Crippen LogP contribution >= 0.6 is 11.3 Å². The molecule has 14 heavy (non-hydrogen) atoms. The largest absolute Gasteiger partial charge is 0.379 e. The summed E-state index contributed by atoms with van der Waals surface area (Å²) >= 11 is 1.64. The van der Waals surface area contributed by atoms with E-state index in [2.05, 4.69) is 0 Å². The molecular weight excluding hydrogens is 200 g/mol. The molecule has 1 heterocycles. The Morgan fingerprint density at radius 1 is 1.43 bits per heavy atom. The number of hydrogen-bond donors (Lipinski definition) is 0. The molecule has 3 nitrogen and oxygen atoms in total. The molecule has 0 bridgehead atoms. The monoisotopic (exact) mass is 216 g/mol. The minimum Gasteiger partial charge on any atom is -0.379 e. The predicted octanol–water partition coefficient (Wildman–Crippen LogP) is 2.45. The van der Waals surface area contributed by atoms with E-state index in [1.807, 2.05) is 23.8 Å². The van der Waals surface area contributed by atoms with Gasteiger partial charge >= 0.3 is 0 Å². The van der Waals surface area contributed by atoms with Gasteiger partial charge in [-0.3, -0.25) is 0 Å². The van der Waals surface area contributed by atoms with Crippen LogP contribution in [0.2, 0.25) is 0 Å². The topological polar surface area (TPSA) is 27.7 Å². The minimum absolute atomic E-state index is 0.262. The summed E-state index contributed by atoms with van der Waals surface area (Å²) in [6.07, 6.45) is -0.262. The summed E-state index contributed by atoms with van der Waals surface area (Å²) < 4.78 is 15.9. The Bertz CT molecular complexity index is 223. The number of thiophene rings is 1. The molecule has 1 aromatic rings. The van der Waals surface area contributed by atoms with Gasteiger partial charge < -0.3 is 14.2 Å². The zero-order valence-electron chi connectivity index (χ0n) is 8.56. The standard InChI is InChI=1S/C10H16O3S/c1-3-12-5-6-13-10(11-2)9-4-7-14-8-9/h4,7-8,10H,3,5-6H2,1-2H3. The van der Waals surface area contributed by atoms with E-state index in [4.69, 9.17) is 14.2 Å². The lowest BCUT2D eigenvalue weighted by atomic mass is 10.3. The molecule has 0 radical (unpaired) electrons. The number of ether oxygens (including phenoxy) is 3. The molecule has 0 amide bonds. The minimum atomic E-state index is -0.262. The highest BCUT2D eigenvalue weighted by Gasteiger charge is 2.10. The van der Waals surface area contributed by atoms with Crippen molar-refractivity contribution in [1.82, 2.24) is 0 Å². The fourth-order valence-electron chi connectivity index (χ4n) is 1.07. The molecule has 1 aromatic heterocycles. The summed E-state index contributed by atoms with van der Waals surface area (Å²) in [4.78, 5) is 0. The van der Waals surface area contributed by atoms with E-state index in [1.54, 1.807) is 18.4 Å². The Kier molecular flexibility index (Phi) is 5.78. The summed E-state index contributed by atoms with van der Waals surface area (Å²) in [6.45, 7) is 3.86. The van der Waals surface area contributed by atoms with Gasteiger partial charge in [0.2, 0.25) is 0 Å². The maximum Gasteiger partial charge on any atom is 0.184 e. The predicted molar refractivity (Wildman–Crippen MR) is 56.5 cm³/mol. The second-order valence-corrected chi connectivity index (χ2v) is 3.47. The molecule has 0 spiro atoms. The highest BCUT2D eigenvalue weighted by molar-refractivity contribution is 7.07. The number of methoxy groups -OCH3 is 1. The average Bonchev–Trinajstić information content (AvgIpc) is 2.71. The van der Waals surface area contributed by atoms with Gasteiger partial charge in [-0.05, 0) is 23.8 Å². The fourth-order valence-corrected chi connectivity index (χ4v) is 1.73. The van der Waals surface area contributed by atoms with Crippen molar-refractivity contribution in [1.29, 1.82) is 0 Å². The molecular formula is C10H16O3S. The van der Waals surface area contributed by atoms with Crippen molar-refractivity contribution >= 4 is 11.3 Å². The fraction of sp³-hybridized carbons (Fsp3) is 0.600. The van der Waals surface area contributed by atoms with E-state index >= 15 is 0 Å². The molecule has 0 aliphatic carbocycles. The van der Waals surface area contributed by atoms with E-state index in [0.29, 0.717) is 13.2 Å². The van der Waals surface area contributed by atoms with E-state index < -0.39 is 0 Å². The maximum absolute atomic E-state index is 5.50. The summed E-state index contributed by atoms with van der Waals surface area (Å²) in [6, 6.07) is 2.00. The Labute approximate surface area is 88.6 Å². The molecule has 0 saturated carbocycles. The van der Waals surface area contributed by atoms with Crippen LogP contribution in [0.25, 0.3) is 0 Å². The van der Waals surface area contributed by atoms with Gasteiger partial charge in [-0.1, -0.05) is 0 Å². The normalized spacial score (nSPS) is 13.0. The quantitative estimate of drug-likeness (QED) is 0.517. The Hall–Kier alpha value is -0.420. The van der Waals surface area contributed by atoms with Crippen LogP contribution in [0.3, 0.4) is 0 Å². The average molecular weight is 216 g/mol. The summed E-state index contributed by atoms with van der Waals surface area (Å²) in [5.41, 5.74) is 1.06. The van der Waals surface area contributed by atoms with Gasteiger partial charge in [0.15, 0.2) is 6.29 Å². The molecule has 0 N–H and O–H groups in total. The lowest BCUT2D eigenvalue weighted by Gasteiger charge is -2.14. The van der Waals surface area contributed by atoms with Crippen molar-refractivity contribution in [2.24, 2.45) is 0 Å². The molecule has 1 unspecified atom stereocenters. The first kappa shape index (κ1) is 11.7. The van der Waals surface area contributed by atoms with Gasteiger partial charge in [-0.2, -0.15) is 11.3 Å². The van der Waals surface area contributed by atoms with Gasteiger partial charge in [0.05, 0.1) is 13.2 Å². The molecule has 1 rings (SSSR count). The molecule has 80 valence electrons. The smallest absolute Gasteiger partial charge is 0.184 e. The third-order valence-corrected chi connectivity index (χ3v) is 2.43. The lowest BCUT2D eigenvalue weighted by Crippen LogP contribution is -2.10. The van der Waals surface area contributed by atoms with Crippen LogP contribution in [-0.4, -0.2) is 26.9 Å². The highest BCUT2D eigenvalue weighted by Crippen LogP contribution is 2.20. The number of rotatable bonds is 7. The summed E-state index contributed by atoms with van der Waals surface area (Å²) in [7, 11) is 1.64. The third-order valence-electron chi connectivity index (χ3n) is 1.73. The Morgan fingerprint density at radius 2 is 2.29 bits per heavy atom. The van der Waals surface area contributed by atoms with Crippen LogP contribution in [0.15, 0.2) is 16.8 Å². The van der Waals surface area contributed by atoms with E-state index in [0.717, 1.165) is 12.2 Å². The van der Waals surface area contributed by atoms with E-state index in [9.17, 15) is 0 Å². The Balaban J connectivity index is 2.26. The SMILES string of the molecule is CCOCCOC(OC)c1ccsc1. The second-order valence-electron chi connectivity index (χ2n) is 2.69. The van der Waals surface area contributed by atoms with Crippen LogP contribution < -0.4 is 0 Å². The second kappa shape index (κ2) is 6.95. The van der Waals surface area contributed by atoms with Crippen molar-refractivity contribution in [3.8, 4) is 0 Å². The van der Waals surface area contributed by atoms with Gasteiger partial charge in [-0.15, -0.1) is 0 Å². The van der Waals surface area contributed by atoms with Gasteiger partial charge in [0.1, 0.15) is 0 Å². The van der Waals surface area contributed by atoms with Crippen LogP contribution in [0.1, 0.15) is 18.8 Å². The van der Waals surface area contributed by atoms with Crippen molar-refractivity contribution in [3.05, 3.63) is 22.4 Å². The summed E-state index contributed by atoms with van der Waals surface area (Å²) in [5.74, 6) is 0. The number of hydrogen-bond acceptors (Lipinski definition) is 4. The van der Waals surface area contributed by atoms with Crippen molar-refractivity contribution in [2.45, 2.75) is 13.2 Å². The summed E-state index contributed by atoms with van der Waals surface area (Å²) in [5, 5.41) is 4.03. The highest BCUT2D eigenvalue weighted by atomic mass is 32.1. The molecule has 0 saturated heterocycles. The molecule has 1 atom stereocenters. The van der Waals surface area contributed by atoms with Crippen LogP contribution in [0.4, 0.5) is 0 Å². The van der Waals surface area contributed by atoms with Crippen molar-refractivity contribution in [3.63, 3.8) is 0 Å². The maximum atomic E-state index is 5.50. The van der Waals surface area contributed by atoms with Crippen molar-refractivity contribution in [2.75, 3.05) is 26.9 Å². The van der Waals surface area contributed by atoms with Crippen LogP contribution in [0, 0.1) is 0 Å². The first-order valence-electron chi connectivity index (χ1n) is 4.62. The molecule has 0 aromatic carbocycles. The zero-order valence-corrected chi connectivity index (χ0v) is 9.38. The lowest BCUT2D eigenvalue weighted by molar-refractivity contribution is -0.137. The van der Waals surface area contributed by atoms with E-state index in [-0.39, 0.29) is 6.29 Å². The van der Waals surface area contributed by atoms with Crippen LogP contribution in [-0.2, 0) is 14.2 Å². The third kappa shape index (κ3) is 3.75.